The first-order chi connectivity index (χ1) is 71.7. The summed E-state index contributed by atoms with van der Waals surface area (Å²) in [5.41, 5.74) is 14.1. The van der Waals surface area contributed by atoms with Gasteiger partial charge in [0, 0.05) is 86.7 Å². The van der Waals surface area contributed by atoms with Crippen molar-refractivity contribution in [1.29, 1.82) is 10.8 Å². The topological polar surface area (TPSA) is 505 Å². The molecule has 0 aliphatic carbocycles. The number of hydrogen-bond acceptors (Lipinski definition) is 24. The predicted molar refractivity (Wildman–Crippen MR) is 581 cm³/mol. The monoisotopic (exact) mass is 2210 g/mol. The van der Waals surface area contributed by atoms with E-state index in [1.54, 1.807) is 222 Å². The van der Waals surface area contributed by atoms with Gasteiger partial charge in [-0.25, -0.2) is 35.9 Å². The molecule has 0 bridgehead atoms. The molecule has 43 heteroatoms. The van der Waals surface area contributed by atoms with Crippen LogP contribution in [0.15, 0.2) is 222 Å². The van der Waals surface area contributed by atoms with E-state index in [9.17, 15) is 31.2 Å². The molecule has 800 valence electrons. The van der Waals surface area contributed by atoms with Crippen LogP contribution in [0.3, 0.4) is 0 Å². The number of halogens is 4. The van der Waals surface area contributed by atoms with E-state index < -0.39 is 128 Å². The number of nitrogens with two attached hydrogens (primary N) is 1. The Hall–Kier alpha value is -13.7. The van der Waals surface area contributed by atoms with E-state index in [0.29, 0.717) is 104 Å². The average Bonchev–Trinajstić information content (AvgIpc) is 0.795. The summed E-state index contributed by atoms with van der Waals surface area (Å²) in [6.07, 6.45) is -3.09. The van der Waals surface area contributed by atoms with Crippen LogP contribution in [0.4, 0.5) is 9.59 Å². The lowest BCUT2D eigenvalue weighted by atomic mass is 10.0. The van der Waals surface area contributed by atoms with Crippen LogP contribution in [-0.4, -0.2) is 177 Å². The molecule has 10 aromatic carbocycles. The number of carbonyl (C=O) groups excluding carboxylic acids is 9. The number of benzene rings is 10. The number of sulfonamides is 2. The summed E-state index contributed by atoms with van der Waals surface area (Å²) in [5.74, 6) is -5.57. The summed E-state index contributed by atoms with van der Waals surface area (Å²) >= 11 is 28.5. The minimum atomic E-state index is -4.40. The molecule has 10 aromatic rings. The quantitative estimate of drug-likeness (QED) is 0.00956. The second-order valence-electron chi connectivity index (χ2n) is 35.3. The number of alkyl carbamates (subject to hydrolysis) is 2. The highest BCUT2D eigenvalue weighted by molar-refractivity contribution is 7.98. The molecule has 150 heavy (non-hydrogen) atoms. The third-order valence-corrected chi connectivity index (χ3v) is 30.5. The van der Waals surface area contributed by atoms with E-state index in [1.807, 2.05) is 32.0 Å². The lowest BCUT2D eigenvalue weighted by Gasteiger charge is -2.28. The Morgan fingerprint density at radius 2 is 0.653 bits per heavy atom. The van der Waals surface area contributed by atoms with Crippen molar-refractivity contribution in [1.82, 2.24) is 62.6 Å². The molecule has 0 spiro atoms. The maximum atomic E-state index is 16.1. The van der Waals surface area contributed by atoms with E-state index in [2.05, 4.69) is 62.6 Å². The van der Waals surface area contributed by atoms with Gasteiger partial charge < -0.3 is 92.1 Å². The Bertz CT molecular complexity index is 6470. The fourth-order valence-electron chi connectivity index (χ4n) is 16.0. The van der Waals surface area contributed by atoms with E-state index in [4.69, 9.17) is 96.1 Å². The number of carbonyl (C=O) groups is 9. The van der Waals surface area contributed by atoms with Gasteiger partial charge in [0.25, 0.3) is 20.0 Å². The van der Waals surface area contributed by atoms with Crippen LogP contribution in [0.1, 0.15) is 123 Å². The Labute approximate surface area is 902 Å². The van der Waals surface area contributed by atoms with Gasteiger partial charge in [-0.1, -0.05) is 185 Å². The van der Waals surface area contributed by atoms with Crippen molar-refractivity contribution >= 4 is 155 Å². The first-order valence-corrected chi connectivity index (χ1v) is 54.7. The maximum Gasteiger partial charge on any atom is 0.408 e. The van der Waals surface area contributed by atoms with Crippen molar-refractivity contribution in [2.75, 3.05) is 52.5 Å². The summed E-state index contributed by atoms with van der Waals surface area (Å²) in [5, 5.41) is 46.6. The first kappa shape index (κ1) is 118. The van der Waals surface area contributed by atoms with E-state index in [1.165, 1.54) is 44.9 Å². The Morgan fingerprint density at radius 3 is 1.05 bits per heavy atom. The lowest BCUT2D eigenvalue weighted by Crippen LogP contribution is -2.61. The third kappa shape index (κ3) is 38.1. The van der Waals surface area contributed by atoms with E-state index in [0.717, 1.165) is 22.3 Å². The molecule has 9 amide bonds. The average molecular weight is 2210 g/mol. The van der Waals surface area contributed by atoms with Gasteiger partial charge in [0.15, 0.2) is 0 Å². The van der Waals surface area contributed by atoms with Crippen LogP contribution in [-0.2, 0) is 114 Å². The molecule has 0 aliphatic rings. The molecule has 0 unspecified atom stereocenters. The van der Waals surface area contributed by atoms with Gasteiger partial charge >= 0.3 is 12.2 Å². The molecule has 0 saturated carbocycles. The molecule has 0 saturated heterocycles. The van der Waals surface area contributed by atoms with Gasteiger partial charge in [-0.3, -0.25) is 44.4 Å². The van der Waals surface area contributed by atoms with Crippen molar-refractivity contribution in [3.63, 3.8) is 0 Å². The van der Waals surface area contributed by atoms with Crippen molar-refractivity contribution in [2.45, 2.75) is 189 Å². The van der Waals surface area contributed by atoms with Crippen LogP contribution in [0.25, 0.3) is 0 Å². The molecule has 0 aromatic heterocycles. The number of nitrogens with one attached hydrogen (secondary N) is 14. The van der Waals surface area contributed by atoms with Crippen LogP contribution in [0.5, 0.6) is 28.7 Å². The Morgan fingerprint density at radius 1 is 0.340 bits per heavy atom. The van der Waals surface area contributed by atoms with Gasteiger partial charge in [-0.05, 0) is 227 Å². The zero-order valence-corrected chi connectivity index (χ0v) is 90.6. The fraction of sp³-hybridized carbons (Fsp3) is 0.336. The number of ether oxygens (including phenoxy) is 7. The minimum absolute atomic E-state index is 0.00143. The molecule has 16 N–H and O–H groups in total. The number of primary amides is 1. The standard InChI is InChI=1S/C107H125Cl4N15O20S4/c1-65-51-67(3)95(68(4)52-65)149(136,137)125-104(113)115-49-17-26-88(97(112)127)118-102(132)93(63-147-61-75-34-40-78(141-8)41-35-75)122-99(129)89(25-13-14-48-117-106(134)145-57-73-19-11-10-12-20-73)119-98(128)90(27-18-50-116-105(114)126-150(138,139)96-69(5)53-66(2)54-70(96)6)120-100(130)91(55-71-28-44-80(45-29-71)143-59-82-84(108)21-15-22-85(82)109)121-103(133)94(64-148-62-76-36-42-79(142-9)43-37-76)123-101(131)92(124-107(135)146-58-74-32-38-77(140-7)39-33-74)56-72-30-46-81(47-31-72)144-60-83-86(110)23-16-24-87(83)111/h10-12,15-16,19-24,28-47,51-54,88-94H,13-14,17-18,25-27,48-50,55-64H2,1-9H3,(H2,112,127)(H,117,134)(H,118,132)(H,119,128)(H,120,130)(H,121,133)(H,122,129)(H,123,131)(H,124,135)(H3,113,115,125)(H3,114,116,126)/t88-,89-,90-,91-,92-,93-,94-/m0/s1. The molecule has 7 atom stereocenters. The van der Waals surface area contributed by atoms with Gasteiger partial charge in [0.1, 0.15) is 97.5 Å². The molecule has 0 fully saturated rings. The molecular formula is C107H125Cl4N15O20S4. The maximum absolute atomic E-state index is 16.1. The second kappa shape index (κ2) is 59.1. The molecule has 0 radical (unpaired) electrons. The highest BCUT2D eigenvalue weighted by atomic mass is 35.5. The summed E-state index contributed by atoms with van der Waals surface area (Å²) in [6, 6.07) is 48.5. The number of hydrogen-bond donors (Lipinski definition) is 15. The fourth-order valence-corrected chi connectivity index (χ4v) is 21.9. The van der Waals surface area contributed by atoms with Crippen LogP contribution < -0.4 is 92.0 Å². The van der Waals surface area contributed by atoms with Crippen molar-refractivity contribution < 1.29 is 93.1 Å². The minimum Gasteiger partial charge on any atom is -0.497 e. The summed E-state index contributed by atoms with van der Waals surface area (Å²) in [7, 11) is -4.13. The van der Waals surface area contributed by atoms with Gasteiger partial charge in [0.2, 0.25) is 53.3 Å². The molecule has 0 aliphatic heterocycles. The normalized spacial score (nSPS) is 12.6. The Kier molecular flexibility index (Phi) is 46.5. The number of rotatable bonds is 56. The number of thioether (sulfide) groups is 2. The Balaban J connectivity index is 0.995. The molecule has 0 heterocycles. The molecule has 35 nitrogen and oxygen atoms in total. The predicted octanol–water partition coefficient (Wildman–Crippen LogP) is 14.3. The zero-order chi connectivity index (χ0) is 109. The van der Waals surface area contributed by atoms with E-state index in [-0.39, 0.29) is 137 Å². The highest BCUT2D eigenvalue weighted by Gasteiger charge is 2.37. The second-order valence-corrected chi connectivity index (χ2v) is 42.3. The van der Waals surface area contributed by atoms with Crippen molar-refractivity contribution in [2.24, 2.45) is 5.73 Å². The molecular weight excluding hydrogens is 2090 g/mol. The first-order valence-electron chi connectivity index (χ1n) is 47.9. The number of aryl methyl sites for hydroxylation is 6. The number of guanidine groups is 2. The van der Waals surface area contributed by atoms with Crippen LogP contribution >= 0.6 is 69.9 Å². The van der Waals surface area contributed by atoms with E-state index >= 15 is 28.8 Å². The zero-order valence-electron chi connectivity index (χ0n) is 84.3. The summed E-state index contributed by atoms with van der Waals surface area (Å²) in [4.78, 5) is 135. The third-order valence-electron chi connectivity index (χ3n) is 23.6. The lowest BCUT2D eigenvalue weighted by molar-refractivity contribution is -0.135. The number of amides is 9. The summed E-state index contributed by atoms with van der Waals surface area (Å²) < 4.78 is 99.4. The largest absolute Gasteiger partial charge is 0.497 e. The SMILES string of the molecule is COc1ccc(COC(=O)N[C@@H](Cc2ccc(OCc3c(Cl)cccc3Cl)cc2)C(=O)N[C@@H](CSCc2ccc(OC)cc2)C(=O)N[C@@H](Cc2ccc(OCc3c(Cl)cccc3Cl)cc2)C(=O)N[C@@H](CCCNC(=N)NS(=O)(=O)c2c(C)cc(C)cc2C)C(=O)N[C@@H](CCCCNC(=O)OCc2ccccc2)C(=O)N[C@@H](CSCc2ccc(OC)cc2)C(=O)N[C@@H](CCCNC(=N)NS(=O)(=O)c2c(C)cc(C)cc2C)C(N)=O)cc1. The molecule has 10 rings (SSSR count). The number of unbranched alkanes of at least 4 members (excludes halogenated alkanes) is 1. The van der Waals surface area contributed by atoms with Crippen molar-refractivity contribution in [3.05, 3.63) is 310 Å². The van der Waals surface area contributed by atoms with Crippen molar-refractivity contribution in [3.8, 4) is 28.7 Å². The smallest absolute Gasteiger partial charge is 0.408 e. The van der Waals surface area contributed by atoms with Crippen LogP contribution in [0, 0.1) is 52.4 Å². The summed E-state index contributed by atoms with van der Waals surface area (Å²) in [6.45, 7) is 9.39. The van der Waals surface area contributed by atoms with Crippen LogP contribution in [0.2, 0.25) is 20.1 Å². The van der Waals surface area contributed by atoms with Gasteiger partial charge in [-0.15, -0.1) is 0 Å². The van der Waals surface area contributed by atoms with Gasteiger partial charge in [-0.2, -0.15) is 23.5 Å². The highest BCUT2D eigenvalue weighted by Crippen LogP contribution is 2.31. The van der Waals surface area contributed by atoms with Gasteiger partial charge in [0.05, 0.1) is 31.1 Å². The number of methoxy groups -OCH3 is 3.